The van der Waals surface area contributed by atoms with Crippen LogP contribution in [0.1, 0.15) is 51.9 Å². The number of hydrogen-bond acceptors (Lipinski definition) is 6. The largest absolute Gasteiger partial charge is 0.469 e. The highest BCUT2D eigenvalue weighted by Gasteiger charge is 2.11. The molecule has 0 rings (SSSR count). The maximum atomic E-state index is 11.1. The molecule has 0 atom stereocenters. The lowest BCUT2D eigenvalue weighted by Crippen LogP contribution is -2.30. The molecule has 0 aliphatic carbocycles. The van der Waals surface area contributed by atoms with Gasteiger partial charge in [-0.05, 0) is 33.5 Å². The maximum Gasteiger partial charge on any atom is 0.322 e. The molecule has 0 fully saturated rings. The van der Waals surface area contributed by atoms with Crippen LogP contribution in [0.5, 0.6) is 0 Å². The van der Waals surface area contributed by atoms with Crippen LogP contribution in [0.15, 0.2) is 0 Å². The minimum absolute atomic E-state index is 0.230. The van der Waals surface area contributed by atoms with Crippen LogP contribution in [0.25, 0.3) is 0 Å². The summed E-state index contributed by atoms with van der Waals surface area (Å²) in [5.41, 5.74) is 0. The summed E-state index contributed by atoms with van der Waals surface area (Å²) in [6, 6.07) is 0. The van der Waals surface area contributed by atoms with Gasteiger partial charge in [0.1, 0.15) is 0 Å². The van der Waals surface area contributed by atoms with Crippen molar-refractivity contribution in [2.75, 3.05) is 40.8 Å². The molecule has 0 aliphatic heterocycles. The van der Waals surface area contributed by atoms with E-state index in [1.807, 2.05) is 0 Å². The summed E-state index contributed by atoms with van der Waals surface area (Å²) in [4.78, 5) is 29.5. The second-order valence-corrected chi connectivity index (χ2v) is 5.76. The van der Waals surface area contributed by atoms with Crippen LogP contribution < -0.4 is 0 Å². The molecule has 0 heterocycles. The van der Waals surface area contributed by atoms with Gasteiger partial charge in [-0.1, -0.05) is 25.7 Å². The summed E-state index contributed by atoms with van der Waals surface area (Å²) in [6.07, 6.45) is 7.23. The topological polar surface area (TPSA) is 59.1 Å². The zero-order valence-electron chi connectivity index (χ0n) is 14.6. The number of hydrogen-bond donors (Lipinski definition) is 0. The Hall–Kier alpha value is -1.14. The van der Waals surface area contributed by atoms with Crippen molar-refractivity contribution in [2.45, 2.75) is 51.9 Å². The summed E-state index contributed by atoms with van der Waals surface area (Å²) in [5.74, 6) is -0.647. The molecule has 0 radical (unpaired) electrons. The Morgan fingerprint density at radius 1 is 0.864 bits per heavy atom. The summed E-state index contributed by atoms with van der Waals surface area (Å²) < 4.78 is 4.59. The van der Waals surface area contributed by atoms with Gasteiger partial charge in [0.25, 0.3) is 0 Å². The van der Waals surface area contributed by atoms with E-state index in [0.29, 0.717) is 13.1 Å². The number of rotatable bonds is 13. The smallest absolute Gasteiger partial charge is 0.322 e. The Bertz CT molecular complexity index is 309. The quantitative estimate of drug-likeness (QED) is 0.295. The molecule has 0 aromatic carbocycles. The maximum absolute atomic E-state index is 11.1. The molecule has 0 amide bonds. The molecule has 0 N–H and O–H groups in total. The van der Waals surface area contributed by atoms with E-state index in [-0.39, 0.29) is 18.4 Å². The van der Waals surface area contributed by atoms with E-state index in [9.17, 15) is 9.59 Å². The normalized spacial score (nSPS) is 11.0. The standard InChI is InChI=1S/C16H32N2O4/c1-15(19)22-18(14-11-16(20)21-4)13-10-8-6-5-7-9-12-17(2)3/h5-14H2,1-4H3. The van der Waals surface area contributed by atoms with Crippen molar-refractivity contribution in [1.29, 1.82) is 0 Å². The van der Waals surface area contributed by atoms with Crippen LogP contribution in [0.4, 0.5) is 0 Å². The number of ether oxygens (including phenoxy) is 1. The van der Waals surface area contributed by atoms with Crippen molar-refractivity contribution in [3.63, 3.8) is 0 Å². The fraction of sp³-hybridized carbons (Fsp3) is 0.875. The lowest BCUT2D eigenvalue weighted by Gasteiger charge is -2.19. The third-order valence-corrected chi connectivity index (χ3v) is 3.31. The van der Waals surface area contributed by atoms with E-state index in [4.69, 9.17) is 4.84 Å². The van der Waals surface area contributed by atoms with E-state index in [2.05, 4.69) is 23.7 Å². The van der Waals surface area contributed by atoms with Crippen LogP contribution >= 0.6 is 0 Å². The first kappa shape index (κ1) is 20.9. The van der Waals surface area contributed by atoms with Gasteiger partial charge in [0.2, 0.25) is 0 Å². The highest BCUT2D eigenvalue weighted by Crippen LogP contribution is 2.07. The summed E-state index contributed by atoms with van der Waals surface area (Å²) in [7, 11) is 5.55. The molecule has 0 unspecified atom stereocenters. The molecule has 0 saturated carbocycles. The molecule has 0 aromatic rings. The first-order valence-electron chi connectivity index (χ1n) is 8.10. The first-order chi connectivity index (χ1) is 10.5. The second kappa shape index (κ2) is 13.5. The zero-order chi connectivity index (χ0) is 16.8. The summed E-state index contributed by atoms with van der Waals surface area (Å²) in [6.45, 7) is 3.56. The van der Waals surface area contributed by atoms with Crippen molar-refractivity contribution < 1.29 is 19.2 Å². The Morgan fingerprint density at radius 3 is 1.91 bits per heavy atom. The summed E-state index contributed by atoms with van der Waals surface area (Å²) in [5, 5.41) is 1.56. The highest BCUT2D eigenvalue weighted by atomic mass is 16.7. The van der Waals surface area contributed by atoms with Gasteiger partial charge in [0.05, 0.1) is 13.5 Å². The number of hydroxylamine groups is 2. The Kier molecular flexibility index (Phi) is 12.8. The van der Waals surface area contributed by atoms with E-state index in [1.165, 1.54) is 39.7 Å². The Morgan fingerprint density at radius 2 is 1.41 bits per heavy atom. The van der Waals surface area contributed by atoms with Crippen LogP contribution in [-0.2, 0) is 19.2 Å². The van der Waals surface area contributed by atoms with Crippen LogP contribution in [0.3, 0.4) is 0 Å². The van der Waals surface area contributed by atoms with E-state index in [0.717, 1.165) is 19.4 Å². The number of carbonyl (C=O) groups excluding carboxylic acids is 2. The third-order valence-electron chi connectivity index (χ3n) is 3.31. The Labute approximate surface area is 134 Å². The number of methoxy groups -OCH3 is 1. The molecule has 0 bridgehead atoms. The van der Waals surface area contributed by atoms with Gasteiger partial charge in [-0.2, -0.15) is 0 Å². The molecule has 6 heteroatoms. The van der Waals surface area contributed by atoms with Crippen molar-refractivity contribution in [3.8, 4) is 0 Å². The molecule has 6 nitrogen and oxygen atoms in total. The van der Waals surface area contributed by atoms with Crippen molar-refractivity contribution in [3.05, 3.63) is 0 Å². The summed E-state index contributed by atoms with van der Waals surface area (Å²) >= 11 is 0. The van der Waals surface area contributed by atoms with Gasteiger partial charge < -0.3 is 14.5 Å². The Balaban J connectivity index is 3.70. The van der Waals surface area contributed by atoms with Crippen LogP contribution in [0.2, 0.25) is 0 Å². The molecule has 0 aliphatic rings. The lowest BCUT2D eigenvalue weighted by atomic mass is 10.1. The van der Waals surface area contributed by atoms with Gasteiger partial charge in [-0.25, -0.2) is 0 Å². The minimum atomic E-state index is -0.353. The van der Waals surface area contributed by atoms with E-state index < -0.39 is 0 Å². The average Bonchev–Trinajstić information content (AvgIpc) is 2.45. The van der Waals surface area contributed by atoms with Crippen molar-refractivity contribution >= 4 is 11.9 Å². The molecule has 130 valence electrons. The highest BCUT2D eigenvalue weighted by molar-refractivity contribution is 5.69. The fourth-order valence-corrected chi connectivity index (χ4v) is 2.13. The van der Waals surface area contributed by atoms with Crippen LogP contribution in [0, 0.1) is 0 Å². The molecule has 0 saturated heterocycles. The van der Waals surface area contributed by atoms with Crippen molar-refractivity contribution in [1.82, 2.24) is 9.96 Å². The van der Waals surface area contributed by atoms with Gasteiger partial charge in [0, 0.05) is 20.0 Å². The second-order valence-electron chi connectivity index (χ2n) is 5.76. The first-order valence-corrected chi connectivity index (χ1v) is 8.10. The van der Waals surface area contributed by atoms with Gasteiger partial charge >= 0.3 is 11.9 Å². The van der Waals surface area contributed by atoms with E-state index in [1.54, 1.807) is 5.06 Å². The van der Waals surface area contributed by atoms with Crippen LogP contribution in [-0.4, -0.2) is 62.7 Å². The van der Waals surface area contributed by atoms with E-state index >= 15 is 0 Å². The number of nitrogens with zero attached hydrogens (tertiary/aromatic N) is 2. The fourth-order valence-electron chi connectivity index (χ4n) is 2.13. The molecular weight excluding hydrogens is 284 g/mol. The van der Waals surface area contributed by atoms with Crippen molar-refractivity contribution in [2.24, 2.45) is 0 Å². The number of esters is 1. The zero-order valence-corrected chi connectivity index (χ0v) is 14.6. The average molecular weight is 316 g/mol. The molecule has 0 spiro atoms. The number of carbonyl (C=O) groups is 2. The monoisotopic (exact) mass is 316 g/mol. The number of unbranched alkanes of at least 4 members (excludes halogenated alkanes) is 5. The van der Waals surface area contributed by atoms with Gasteiger partial charge in [0.15, 0.2) is 0 Å². The molecule has 22 heavy (non-hydrogen) atoms. The molecular formula is C16H32N2O4. The lowest BCUT2D eigenvalue weighted by molar-refractivity contribution is -0.189. The SMILES string of the molecule is COC(=O)CCN(CCCCCCCCN(C)C)OC(C)=O. The predicted octanol–water partition coefficient (Wildman–Crippen LogP) is 2.23. The minimum Gasteiger partial charge on any atom is -0.469 e. The van der Waals surface area contributed by atoms with Gasteiger partial charge in [-0.15, -0.1) is 5.06 Å². The third kappa shape index (κ3) is 13.8. The van der Waals surface area contributed by atoms with Gasteiger partial charge in [-0.3, -0.25) is 9.59 Å². The molecule has 0 aromatic heterocycles. The predicted molar refractivity (Wildman–Crippen MR) is 86.2 cm³/mol.